The molecule has 3 saturated heterocycles. The first-order valence-corrected chi connectivity index (χ1v) is 16.9. The number of aromatic nitrogens is 3. The Balaban J connectivity index is 0.959. The zero-order chi connectivity index (χ0) is 29.0. The van der Waals surface area contributed by atoms with Crippen LogP contribution in [0.3, 0.4) is 0 Å². The van der Waals surface area contributed by atoms with Crippen molar-refractivity contribution < 1.29 is 4.79 Å². The monoisotopic (exact) mass is 612 g/mol. The highest BCUT2D eigenvalue weighted by Crippen LogP contribution is 2.31. The standard InChI is InChI=1S/C32H36N8OS2/c41-32(36-31-33-27(23-42-31)24-10-12-26(13-11-24)43-25-8-2-1-3-9-25)40-20-18-38(19-21-40)29-22-28(37-14-4-5-15-37)34-30(35-29)39-16-6-7-17-39/h1-3,8-13,22-23H,4-7,14-21H2,(H,33,36,41). The summed E-state index contributed by atoms with van der Waals surface area (Å²) in [6.07, 6.45) is 4.82. The molecular formula is C32H36N8OS2. The van der Waals surface area contributed by atoms with Crippen LogP contribution in [0, 0.1) is 0 Å². The van der Waals surface area contributed by atoms with Crippen molar-refractivity contribution in [2.45, 2.75) is 35.5 Å². The summed E-state index contributed by atoms with van der Waals surface area (Å²) in [6.45, 7) is 6.89. The summed E-state index contributed by atoms with van der Waals surface area (Å²) in [5.41, 5.74) is 1.90. The van der Waals surface area contributed by atoms with Crippen LogP contribution < -0.4 is 20.0 Å². The number of hydrogen-bond donors (Lipinski definition) is 1. The maximum Gasteiger partial charge on any atom is 0.323 e. The Bertz CT molecular complexity index is 1490. The van der Waals surface area contributed by atoms with Crippen LogP contribution in [0.25, 0.3) is 11.3 Å². The first-order valence-electron chi connectivity index (χ1n) is 15.2. The predicted octanol–water partition coefficient (Wildman–Crippen LogP) is 6.31. The van der Waals surface area contributed by atoms with Gasteiger partial charge in [0.15, 0.2) is 5.13 Å². The fourth-order valence-corrected chi connectivity index (χ4v) is 7.38. The number of rotatable bonds is 7. The quantitative estimate of drug-likeness (QED) is 0.260. The van der Waals surface area contributed by atoms with Gasteiger partial charge in [-0.15, -0.1) is 11.3 Å². The molecule has 5 heterocycles. The summed E-state index contributed by atoms with van der Waals surface area (Å²) in [7, 11) is 0. The number of carbonyl (C=O) groups is 1. The number of nitrogens with one attached hydrogen (secondary N) is 1. The summed E-state index contributed by atoms with van der Waals surface area (Å²) in [5, 5.41) is 5.64. The Morgan fingerprint density at radius 3 is 1.98 bits per heavy atom. The van der Waals surface area contributed by atoms with E-state index in [0.29, 0.717) is 18.2 Å². The predicted molar refractivity (Wildman–Crippen MR) is 176 cm³/mol. The molecule has 2 aromatic carbocycles. The van der Waals surface area contributed by atoms with Gasteiger partial charge in [-0.3, -0.25) is 5.32 Å². The lowest BCUT2D eigenvalue weighted by Crippen LogP contribution is -2.50. The van der Waals surface area contributed by atoms with Gasteiger partial charge < -0.3 is 19.6 Å². The summed E-state index contributed by atoms with van der Waals surface area (Å²) in [5.74, 6) is 2.85. The number of amides is 2. The van der Waals surface area contributed by atoms with Gasteiger partial charge in [0.1, 0.15) is 11.6 Å². The molecule has 0 saturated carbocycles. The van der Waals surface area contributed by atoms with Gasteiger partial charge in [-0.1, -0.05) is 42.1 Å². The van der Waals surface area contributed by atoms with E-state index in [1.165, 1.54) is 46.8 Å². The van der Waals surface area contributed by atoms with Crippen molar-refractivity contribution in [3.05, 3.63) is 66.0 Å². The van der Waals surface area contributed by atoms with Crippen LogP contribution in [-0.4, -0.2) is 78.2 Å². The second-order valence-corrected chi connectivity index (χ2v) is 13.2. The number of urea groups is 1. The minimum atomic E-state index is -0.103. The highest BCUT2D eigenvalue weighted by atomic mass is 32.2. The van der Waals surface area contributed by atoms with Crippen LogP contribution >= 0.6 is 23.1 Å². The van der Waals surface area contributed by atoms with Crippen LogP contribution in [0.2, 0.25) is 0 Å². The van der Waals surface area contributed by atoms with E-state index in [1.54, 1.807) is 11.8 Å². The van der Waals surface area contributed by atoms with E-state index in [-0.39, 0.29) is 6.03 Å². The molecule has 222 valence electrons. The molecule has 3 aliphatic rings. The fourth-order valence-electron chi connectivity index (χ4n) is 5.83. The number of hydrogen-bond acceptors (Lipinski definition) is 9. The Morgan fingerprint density at radius 1 is 0.698 bits per heavy atom. The van der Waals surface area contributed by atoms with Crippen molar-refractivity contribution >= 4 is 51.8 Å². The molecule has 7 rings (SSSR count). The van der Waals surface area contributed by atoms with Crippen molar-refractivity contribution in [3.63, 3.8) is 0 Å². The third-order valence-corrected chi connectivity index (χ3v) is 10.0. The molecule has 43 heavy (non-hydrogen) atoms. The zero-order valence-corrected chi connectivity index (χ0v) is 25.8. The molecule has 4 aromatic rings. The Hall–Kier alpha value is -3.83. The van der Waals surface area contributed by atoms with Crippen molar-refractivity contribution in [1.29, 1.82) is 0 Å². The second-order valence-electron chi connectivity index (χ2n) is 11.2. The van der Waals surface area contributed by atoms with E-state index < -0.39 is 0 Å². The number of anilines is 4. The van der Waals surface area contributed by atoms with Crippen molar-refractivity contribution in [2.75, 3.05) is 72.4 Å². The maximum atomic E-state index is 13.2. The van der Waals surface area contributed by atoms with Gasteiger partial charge in [0.2, 0.25) is 5.95 Å². The Kier molecular flexibility index (Phi) is 8.33. The number of carbonyl (C=O) groups excluding carboxylic acids is 1. The van der Waals surface area contributed by atoms with Gasteiger partial charge in [0.05, 0.1) is 5.69 Å². The van der Waals surface area contributed by atoms with Gasteiger partial charge >= 0.3 is 6.03 Å². The average molecular weight is 613 g/mol. The van der Waals surface area contributed by atoms with Gasteiger partial charge in [0, 0.05) is 79.2 Å². The van der Waals surface area contributed by atoms with Gasteiger partial charge in [-0.2, -0.15) is 9.97 Å². The molecule has 0 atom stereocenters. The van der Waals surface area contributed by atoms with Crippen molar-refractivity contribution in [2.24, 2.45) is 0 Å². The number of thiazole rings is 1. The highest BCUT2D eigenvalue weighted by molar-refractivity contribution is 7.99. The lowest BCUT2D eigenvalue weighted by molar-refractivity contribution is 0.208. The molecule has 0 spiro atoms. The van der Waals surface area contributed by atoms with Gasteiger partial charge in [-0.25, -0.2) is 9.78 Å². The molecule has 1 N–H and O–H groups in total. The lowest BCUT2D eigenvalue weighted by atomic mass is 10.2. The molecule has 9 nitrogen and oxygen atoms in total. The summed E-state index contributed by atoms with van der Waals surface area (Å²) >= 11 is 3.19. The van der Waals surface area contributed by atoms with Crippen LogP contribution in [0.5, 0.6) is 0 Å². The number of nitrogens with zero attached hydrogens (tertiary/aromatic N) is 7. The van der Waals surface area contributed by atoms with Crippen LogP contribution in [0.15, 0.2) is 75.8 Å². The minimum Gasteiger partial charge on any atom is -0.356 e. The Morgan fingerprint density at radius 2 is 1.30 bits per heavy atom. The smallest absolute Gasteiger partial charge is 0.323 e. The van der Waals surface area contributed by atoms with E-state index in [4.69, 9.17) is 15.0 Å². The van der Waals surface area contributed by atoms with Gasteiger partial charge in [0.25, 0.3) is 0 Å². The van der Waals surface area contributed by atoms with E-state index in [9.17, 15) is 4.79 Å². The largest absolute Gasteiger partial charge is 0.356 e. The van der Waals surface area contributed by atoms with Crippen LogP contribution in [0.1, 0.15) is 25.7 Å². The maximum absolute atomic E-state index is 13.2. The molecule has 3 fully saturated rings. The molecule has 2 aromatic heterocycles. The second kappa shape index (κ2) is 12.8. The molecule has 3 aliphatic heterocycles. The Labute approximate surface area is 261 Å². The van der Waals surface area contributed by atoms with Crippen LogP contribution in [-0.2, 0) is 0 Å². The molecule has 0 unspecified atom stereocenters. The van der Waals surface area contributed by atoms with E-state index in [0.717, 1.165) is 68.1 Å². The van der Waals surface area contributed by atoms with E-state index in [2.05, 4.69) is 74.6 Å². The molecule has 2 amide bonds. The van der Waals surface area contributed by atoms with Gasteiger partial charge in [-0.05, 0) is 49.9 Å². The molecule has 0 radical (unpaired) electrons. The van der Waals surface area contributed by atoms with E-state index >= 15 is 0 Å². The van der Waals surface area contributed by atoms with E-state index in [1.807, 2.05) is 16.3 Å². The molecular weight excluding hydrogens is 577 g/mol. The molecule has 0 bridgehead atoms. The lowest BCUT2D eigenvalue weighted by Gasteiger charge is -2.35. The average Bonchev–Trinajstić information content (AvgIpc) is 3.86. The SMILES string of the molecule is O=C(Nc1nc(-c2ccc(Sc3ccccc3)cc2)cs1)N1CCN(c2cc(N3CCCC3)nc(N3CCCC3)n2)CC1. The highest BCUT2D eigenvalue weighted by Gasteiger charge is 2.26. The normalized spacial score (nSPS) is 17.1. The molecule has 11 heteroatoms. The number of benzene rings is 2. The van der Waals surface area contributed by atoms with Crippen molar-refractivity contribution in [1.82, 2.24) is 19.9 Å². The summed E-state index contributed by atoms with van der Waals surface area (Å²) < 4.78 is 0. The summed E-state index contributed by atoms with van der Waals surface area (Å²) in [6, 6.07) is 20.8. The molecule has 0 aliphatic carbocycles. The fraction of sp³-hybridized carbons (Fsp3) is 0.375. The summed E-state index contributed by atoms with van der Waals surface area (Å²) in [4.78, 5) is 39.1. The first-order chi connectivity index (χ1) is 21.2. The number of piperazine rings is 1. The third-order valence-electron chi connectivity index (χ3n) is 8.24. The first kappa shape index (κ1) is 28.0. The third kappa shape index (κ3) is 6.57. The zero-order valence-electron chi connectivity index (χ0n) is 24.2. The van der Waals surface area contributed by atoms with Crippen molar-refractivity contribution in [3.8, 4) is 11.3 Å². The topological polar surface area (TPSA) is 80.7 Å². The van der Waals surface area contributed by atoms with Crippen LogP contribution in [0.4, 0.5) is 27.5 Å². The minimum absolute atomic E-state index is 0.103.